The SMILES string of the molecule is CCCOc1ccc(NC(C)=O)cc1CC(C)C. The molecule has 1 rings (SSSR count). The zero-order chi connectivity index (χ0) is 13.5. The minimum absolute atomic E-state index is 0.0484. The lowest BCUT2D eigenvalue weighted by molar-refractivity contribution is -0.114. The van der Waals surface area contributed by atoms with Gasteiger partial charge < -0.3 is 10.1 Å². The average molecular weight is 249 g/mol. The van der Waals surface area contributed by atoms with Crippen molar-refractivity contribution in [2.45, 2.75) is 40.5 Å². The lowest BCUT2D eigenvalue weighted by Crippen LogP contribution is -2.07. The summed E-state index contributed by atoms with van der Waals surface area (Å²) in [5.74, 6) is 1.44. The second kappa shape index (κ2) is 7.04. The van der Waals surface area contributed by atoms with E-state index in [0.29, 0.717) is 5.92 Å². The van der Waals surface area contributed by atoms with Crippen LogP contribution in [0.1, 0.15) is 39.7 Å². The Labute approximate surface area is 110 Å². The van der Waals surface area contributed by atoms with Crippen LogP contribution in [0.5, 0.6) is 5.75 Å². The molecule has 0 aromatic heterocycles. The molecule has 0 aliphatic rings. The highest BCUT2D eigenvalue weighted by molar-refractivity contribution is 5.88. The lowest BCUT2D eigenvalue weighted by atomic mass is 10.0. The Balaban J connectivity index is 2.92. The first-order chi connectivity index (χ1) is 8.52. The first kappa shape index (κ1) is 14.6. The van der Waals surface area contributed by atoms with Gasteiger partial charge in [-0.3, -0.25) is 4.79 Å². The van der Waals surface area contributed by atoms with E-state index < -0.39 is 0 Å². The molecule has 0 radical (unpaired) electrons. The van der Waals surface area contributed by atoms with Gasteiger partial charge in [0.2, 0.25) is 5.91 Å². The number of anilines is 1. The van der Waals surface area contributed by atoms with Gasteiger partial charge in [0.15, 0.2) is 0 Å². The second-order valence-electron chi connectivity index (χ2n) is 4.95. The zero-order valence-electron chi connectivity index (χ0n) is 11.7. The molecule has 0 saturated carbocycles. The molecule has 3 nitrogen and oxygen atoms in total. The van der Waals surface area contributed by atoms with Crippen molar-refractivity contribution in [1.29, 1.82) is 0 Å². The minimum Gasteiger partial charge on any atom is -0.493 e. The van der Waals surface area contributed by atoms with Crippen LogP contribution in [0.15, 0.2) is 18.2 Å². The fraction of sp³-hybridized carbons (Fsp3) is 0.533. The van der Waals surface area contributed by atoms with Gasteiger partial charge in [-0.2, -0.15) is 0 Å². The number of hydrogen-bond acceptors (Lipinski definition) is 2. The van der Waals surface area contributed by atoms with E-state index in [-0.39, 0.29) is 5.91 Å². The van der Waals surface area contributed by atoms with Crippen LogP contribution in [0, 0.1) is 5.92 Å². The van der Waals surface area contributed by atoms with Crippen LogP contribution in [0.2, 0.25) is 0 Å². The first-order valence-electron chi connectivity index (χ1n) is 6.56. The third-order valence-corrected chi connectivity index (χ3v) is 2.47. The Morgan fingerprint density at radius 1 is 1.39 bits per heavy atom. The third-order valence-electron chi connectivity index (χ3n) is 2.47. The maximum Gasteiger partial charge on any atom is 0.221 e. The van der Waals surface area contributed by atoms with Crippen molar-refractivity contribution < 1.29 is 9.53 Å². The Morgan fingerprint density at radius 2 is 2.11 bits per heavy atom. The van der Waals surface area contributed by atoms with Crippen molar-refractivity contribution in [3.63, 3.8) is 0 Å². The third kappa shape index (κ3) is 4.78. The van der Waals surface area contributed by atoms with Crippen molar-refractivity contribution in [1.82, 2.24) is 0 Å². The first-order valence-corrected chi connectivity index (χ1v) is 6.56. The minimum atomic E-state index is -0.0484. The predicted octanol–water partition coefficient (Wildman–Crippen LogP) is 3.63. The van der Waals surface area contributed by atoms with Crippen molar-refractivity contribution in [3.8, 4) is 5.75 Å². The van der Waals surface area contributed by atoms with Gasteiger partial charge in [-0.05, 0) is 42.5 Å². The summed E-state index contributed by atoms with van der Waals surface area (Å²) < 4.78 is 5.73. The van der Waals surface area contributed by atoms with Gasteiger partial charge in [0.05, 0.1) is 6.61 Å². The Bertz CT molecular complexity index is 399. The van der Waals surface area contributed by atoms with Crippen molar-refractivity contribution in [2.75, 3.05) is 11.9 Å². The molecule has 0 bridgehead atoms. The smallest absolute Gasteiger partial charge is 0.221 e. The number of nitrogens with one attached hydrogen (secondary N) is 1. The number of carbonyl (C=O) groups is 1. The summed E-state index contributed by atoms with van der Waals surface area (Å²) in [5.41, 5.74) is 1.99. The van der Waals surface area contributed by atoms with Crippen LogP contribution in [-0.4, -0.2) is 12.5 Å². The van der Waals surface area contributed by atoms with Crippen LogP contribution in [0.4, 0.5) is 5.69 Å². The van der Waals surface area contributed by atoms with Gasteiger partial charge in [-0.1, -0.05) is 20.8 Å². The number of ether oxygens (including phenoxy) is 1. The molecule has 0 fully saturated rings. The zero-order valence-corrected chi connectivity index (χ0v) is 11.7. The summed E-state index contributed by atoms with van der Waals surface area (Å²) >= 11 is 0. The van der Waals surface area contributed by atoms with Crippen LogP contribution in [-0.2, 0) is 11.2 Å². The summed E-state index contributed by atoms with van der Waals surface area (Å²) in [6.45, 7) is 8.69. The Kier molecular flexibility index (Phi) is 5.69. The normalized spacial score (nSPS) is 10.5. The predicted molar refractivity (Wildman–Crippen MR) is 75.1 cm³/mol. The Hall–Kier alpha value is -1.51. The number of rotatable bonds is 6. The van der Waals surface area contributed by atoms with E-state index in [1.165, 1.54) is 6.92 Å². The molecule has 1 aromatic rings. The van der Waals surface area contributed by atoms with E-state index in [4.69, 9.17) is 4.74 Å². The van der Waals surface area contributed by atoms with E-state index in [9.17, 15) is 4.79 Å². The lowest BCUT2D eigenvalue weighted by Gasteiger charge is -2.14. The average Bonchev–Trinajstić information content (AvgIpc) is 2.26. The second-order valence-corrected chi connectivity index (χ2v) is 4.95. The molecule has 1 amide bonds. The van der Waals surface area contributed by atoms with E-state index >= 15 is 0 Å². The number of amides is 1. The highest BCUT2D eigenvalue weighted by Gasteiger charge is 2.08. The van der Waals surface area contributed by atoms with E-state index in [1.54, 1.807) is 0 Å². The van der Waals surface area contributed by atoms with Crippen LogP contribution in [0.25, 0.3) is 0 Å². The molecular formula is C15H23NO2. The van der Waals surface area contributed by atoms with Gasteiger partial charge in [0, 0.05) is 12.6 Å². The number of hydrogen-bond donors (Lipinski definition) is 1. The van der Waals surface area contributed by atoms with Crippen LogP contribution < -0.4 is 10.1 Å². The molecule has 3 heteroatoms. The maximum absolute atomic E-state index is 11.1. The molecule has 0 atom stereocenters. The largest absolute Gasteiger partial charge is 0.493 e. The van der Waals surface area contributed by atoms with Crippen molar-refractivity contribution in [2.24, 2.45) is 5.92 Å². The molecular weight excluding hydrogens is 226 g/mol. The van der Waals surface area contributed by atoms with E-state index in [0.717, 1.165) is 36.4 Å². The van der Waals surface area contributed by atoms with Gasteiger partial charge in [-0.25, -0.2) is 0 Å². The topological polar surface area (TPSA) is 38.3 Å². The maximum atomic E-state index is 11.1. The fourth-order valence-electron chi connectivity index (χ4n) is 1.81. The summed E-state index contributed by atoms with van der Waals surface area (Å²) in [6.07, 6.45) is 1.95. The number of benzene rings is 1. The molecule has 1 N–H and O–H groups in total. The summed E-state index contributed by atoms with van der Waals surface area (Å²) in [7, 11) is 0. The molecule has 0 aliphatic carbocycles. The standard InChI is InChI=1S/C15H23NO2/c1-5-8-18-15-7-6-14(16-12(4)17)10-13(15)9-11(2)3/h6-7,10-11H,5,8-9H2,1-4H3,(H,16,17). The van der Waals surface area contributed by atoms with Gasteiger partial charge in [0.1, 0.15) is 5.75 Å². The van der Waals surface area contributed by atoms with Crippen LogP contribution in [0.3, 0.4) is 0 Å². The van der Waals surface area contributed by atoms with E-state index in [2.05, 4.69) is 26.1 Å². The molecule has 0 heterocycles. The summed E-state index contributed by atoms with van der Waals surface area (Å²) in [5, 5.41) is 2.81. The van der Waals surface area contributed by atoms with Gasteiger partial charge in [-0.15, -0.1) is 0 Å². The summed E-state index contributed by atoms with van der Waals surface area (Å²) in [6, 6.07) is 5.83. The molecule has 18 heavy (non-hydrogen) atoms. The molecule has 1 aromatic carbocycles. The van der Waals surface area contributed by atoms with E-state index in [1.807, 2.05) is 18.2 Å². The quantitative estimate of drug-likeness (QED) is 0.836. The van der Waals surface area contributed by atoms with Crippen molar-refractivity contribution in [3.05, 3.63) is 23.8 Å². The Morgan fingerprint density at radius 3 is 2.67 bits per heavy atom. The monoisotopic (exact) mass is 249 g/mol. The molecule has 100 valence electrons. The van der Waals surface area contributed by atoms with Gasteiger partial charge >= 0.3 is 0 Å². The molecule has 0 spiro atoms. The number of carbonyl (C=O) groups excluding carboxylic acids is 1. The van der Waals surface area contributed by atoms with Crippen molar-refractivity contribution >= 4 is 11.6 Å². The summed E-state index contributed by atoms with van der Waals surface area (Å²) in [4.78, 5) is 11.1. The molecule has 0 aliphatic heterocycles. The molecule has 0 saturated heterocycles. The highest BCUT2D eigenvalue weighted by atomic mass is 16.5. The van der Waals surface area contributed by atoms with Crippen LogP contribution >= 0.6 is 0 Å². The van der Waals surface area contributed by atoms with Gasteiger partial charge in [0.25, 0.3) is 0 Å². The fourth-order valence-corrected chi connectivity index (χ4v) is 1.81. The highest BCUT2D eigenvalue weighted by Crippen LogP contribution is 2.25. The molecule has 0 unspecified atom stereocenters.